The number of benzene rings is 4. The zero-order chi connectivity index (χ0) is 66.2. The van der Waals surface area contributed by atoms with Crippen LogP contribution in [-0.4, -0.2) is 100 Å². The van der Waals surface area contributed by atoms with Crippen LogP contribution in [0.2, 0.25) is 36.3 Å². The number of fused-ring (bicyclic) bond motifs is 3. The standard InChI is InChI=1S/C77H114N4O8Si2/c1-72(2,3)90(16,17)88-80-74(7,8)52-64(53-75(80,9)10)85-47-26-22-20-24-45-83-62-40-34-59(35-41-62)67(49-57-31-38-61(39-32-57)79-69-30-28-29-66(69)68-50-58(33-44-70(68)79)51-71(78-15)87-56-82)60-36-42-63(43-37-60)84-46-25-21-23-27-48-86-65-54-76(11,12)81(77(13,14)55-65)89-91(18,19)73(4,5)6/h31-44,49-51,56,64-66,69H,20-30,45-48,52-55H2,1-14,16-19H3/b71-51-. The highest BCUT2D eigenvalue weighted by molar-refractivity contribution is 6.74. The number of ether oxygens (including phenoxy) is 5. The second-order valence-corrected chi connectivity index (χ2v) is 41.6. The first kappa shape index (κ1) is 71.8. The fourth-order valence-electron chi connectivity index (χ4n) is 14.1. The lowest BCUT2D eigenvalue weighted by Gasteiger charge is -2.57. The van der Waals surface area contributed by atoms with Gasteiger partial charge in [-0.1, -0.05) is 109 Å². The number of anilines is 2. The minimum atomic E-state index is -1.98. The number of piperidine rings is 2. The zero-order valence-corrected chi connectivity index (χ0v) is 61.2. The third-order valence-electron chi connectivity index (χ3n) is 20.6. The first-order valence-electron chi connectivity index (χ1n) is 34.4. The van der Waals surface area contributed by atoms with E-state index in [4.69, 9.17) is 39.3 Å². The van der Waals surface area contributed by atoms with E-state index in [1.807, 2.05) is 6.07 Å². The lowest BCUT2D eigenvalue weighted by atomic mass is 9.80. The van der Waals surface area contributed by atoms with E-state index in [0.717, 1.165) is 155 Å². The Hall–Kier alpha value is -5.09. The molecule has 3 heterocycles. The van der Waals surface area contributed by atoms with E-state index in [0.29, 0.717) is 31.6 Å². The molecular formula is C77H114N4O8Si2. The number of unbranched alkanes of at least 4 members (excludes halogenated alkanes) is 6. The Morgan fingerprint density at radius 2 is 0.989 bits per heavy atom. The molecule has 0 amide bonds. The smallest absolute Gasteiger partial charge is 0.348 e. The van der Waals surface area contributed by atoms with E-state index in [1.165, 1.54) is 11.3 Å². The van der Waals surface area contributed by atoms with Crippen molar-refractivity contribution in [3.8, 4) is 11.5 Å². The van der Waals surface area contributed by atoms with Crippen LogP contribution in [0.5, 0.6) is 11.5 Å². The van der Waals surface area contributed by atoms with E-state index >= 15 is 0 Å². The van der Waals surface area contributed by atoms with Crippen molar-refractivity contribution >= 4 is 52.2 Å². The molecule has 2 saturated heterocycles. The molecular weight excluding hydrogens is 1170 g/mol. The van der Waals surface area contributed by atoms with Crippen molar-refractivity contribution in [2.24, 2.45) is 0 Å². The van der Waals surface area contributed by atoms with E-state index in [9.17, 15) is 4.79 Å². The molecule has 0 aromatic heterocycles. The first-order chi connectivity index (χ1) is 42.7. The molecule has 4 aromatic rings. The van der Waals surface area contributed by atoms with Gasteiger partial charge in [0.2, 0.25) is 16.6 Å². The van der Waals surface area contributed by atoms with Crippen LogP contribution < -0.4 is 14.4 Å². The summed E-state index contributed by atoms with van der Waals surface area (Å²) in [4.78, 5) is 16.9. The van der Waals surface area contributed by atoms with Crippen LogP contribution in [-0.2, 0) is 28.1 Å². The zero-order valence-electron chi connectivity index (χ0n) is 59.2. The Bertz CT molecular complexity index is 2970. The summed E-state index contributed by atoms with van der Waals surface area (Å²) in [6, 6.07) is 32.8. The topological polar surface area (TPSA) is 95.8 Å². The van der Waals surface area contributed by atoms with Crippen LogP contribution in [0, 0.1) is 6.57 Å². The van der Waals surface area contributed by atoms with Gasteiger partial charge in [0.1, 0.15) is 11.5 Å². The second-order valence-electron chi connectivity index (χ2n) is 32.2. The average Bonchev–Trinajstić information content (AvgIpc) is 1.75. The van der Waals surface area contributed by atoms with Crippen molar-refractivity contribution in [3.63, 3.8) is 0 Å². The Morgan fingerprint density at radius 1 is 0.560 bits per heavy atom. The number of carbonyl (C=O) groups excluding carboxylic acids is 1. The molecule has 4 aliphatic rings. The Kier molecular flexibility index (Phi) is 23.4. The van der Waals surface area contributed by atoms with Gasteiger partial charge < -0.3 is 37.6 Å². The van der Waals surface area contributed by atoms with E-state index in [-0.39, 0.29) is 50.3 Å². The highest BCUT2D eigenvalue weighted by Gasteiger charge is 2.53. The summed E-state index contributed by atoms with van der Waals surface area (Å²) in [6.45, 7) is 52.4. The molecule has 14 heteroatoms. The Balaban J connectivity index is 0.855. The van der Waals surface area contributed by atoms with Crippen LogP contribution in [0.25, 0.3) is 22.6 Å². The summed E-state index contributed by atoms with van der Waals surface area (Å²) in [5, 5.41) is 4.94. The molecule has 2 unspecified atom stereocenters. The molecule has 0 bridgehead atoms. The van der Waals surface area contributed by atoms with Gasteiger partial charge in [0.05, 0.1) is 32.0 Å². The van der Waals surface area contributed by atoms with E-state index < -0.39 is 16.6 Å². The number of hydrogen-bond acceptors (Lipinski definition) is 11. The van der Waals surface area contributed by atoms with Crippen LogP contribution in [0.4, 0.5) is 11.4 Å². The minimum Gasteiger partial charge on any atom is -0.494 e. The molecule has 0 radical (unpaired) electrons. The largest absolute Gasteiger partial charge is 0.494 e. The van der Waals surface area contributed by atoms with Gasteiger partial charge >= 0.3 is 5.88 Å². The van der Waals surface area contributed by atoms with Crippen molar-refractivity contribution in [2.45, 2.75) is 276 Å². The van der Waals surface area contributed by atoms with Crippen molar-refractivity contribution in [1.29, 1.82) is 0 Å². The maximum absolute atomic E-state index is 11.0. The average molecular weight is 1280 g/mol. The predicted molar refractivity (Wildman–Crippen MR) is 379 cm³/mol. The SMILES string of the molecule is [C-]#[N+]/C(=C/c1ccc2c(c1)C1CCCC1N2c1ccc(C=C(c2ccc(OCCCCCCOC3CC(C)(C)N(O[Si](C)(C)C(C)(C)C)C(C)(C)C3)cc2)c2ccc(OCCCCCCOC3CC(C)(C)N(O[Si](C)(C)C(C)(C)C)C(C)(C)C3)cc2)cc1)OC=O. The maximum Gasteiger partial charge on any atom is 0.348 e. The summed E-state index contributed by atoms with van der Waals surface area (Å²) in [6.07, 6.45) is 20.1. The van der Waals surface area contributed by atoms with Gasteiger partial charge in [0.15, 0.2) is 0 Å². The molecule has 3 aliphatic heterocycles. The number of rotatable bonds is 29. The number of hydrogen-bond donors (Lipinski definition) is 0. The molecule has 2 atom stereocenters. The summed E-state index contributed by atoms with van der Waals surface area (Å²) in [5.41, 5.74) is 8.48. The normalized spacial score (nSPS) is 20.4. The van der Waals surface area contributed by atoms with E-state index in [2.05, 4.69) is 234 Å². The van der Waals surface area contributed by atoms with Gasteiger partial charge in [-0.15, -0.1) is 0 Å². The molecule has 1 saturated carbocycles. The van der Waals surface area contributed by atoms with Gasteiger partial charge in [-0.05, 0) is 257 Å². The van der Waals surface area contributed by atoms with Crippen LogP contribution in [0.15, 0.2) is 96.9 Å². The summed E-state index contributed by atoms with van der Waals surface area (Å²) < 4.78 is 44.7. The molecule has 4 aromatic carbocycles. The number of carbonyl (C=O) groups is 1. The molecule has 1 aliphatic carbocycles. The molecule has 0 spiro atoms. The summed E-state index contributed by atoms with van der Waals surface area (Å²) >= 11 is 0. The lowest BCUT2D eigenvalue weighted by Crippen LogP contribution is -2.65. The van der Waals surface area contributed by atoms with Crippen LogP contribution in [0.1, 0.15) is 227 Å². The fourth-order valence-corrected chi connectivity index (χ4v) is 16.5. The first-order valence-corrected chi connectivity index (χ1v) is 40.2. The predicted octanol–water partition coefficient (Wildman–Crippen LogP) is 20.3. The molecule has 3 fully saturated rings. The highest BCUT2D eigenvalue weighted by atomic mass is 28.4. The van der Waals surface area contributed by atoms with Crippen molar-refractivity contribution in [2.75, 3.05) is 31.3 Å². The monoisotopic (exact) mass is 1280 g/mol. The van der Waals surface area contributed by atoms with Crippen molar-refractivity contribution < 1.29 is 37.5 Å². The molecule has 91 heavy (non-hydrogen) atoms. The third-order valence-corrected chi connectivity index (χ3v) is 29.1. The van der Waals surface area contributed by atoms with Gasteiger partial charge in [-0.3, -0.25) is 4.79 Å². The quantitative estimate of drug-likeness (QED) is 0.0130. The molecule has 0 N–H and O–H groups in total. The second kappa shape index (κ2) is 29.7. The maximum atomic E-state index is 11.0. The lowest BCUT2D eigenvalue weighted by molar-refractivity contribution is -0.248. The van der Waals surface area contributed by atoms with E-state index in [1.54, 1.807) is 6.08 Å². The van der Waals surface area contributed by atoms with Crippen LogP contribution in [0.3, 0.4) is 0 Å². The fraction of sp³-hybridized carbons (Fsp3) is 0.610. The molecule has 12 nitrogen and oxygen atoms in total. The van der Waals surface area contributed by atoms with Gasteiger partial charge in [-0.2, -0.15) is 15.0 Å². The minimum absolute atomic E-state index is 0.0316. The van der Waals surface area contributed by atoms with Gasteiger partial charge in [0.25, 0.3) is 6.47 Å². The Labute approximate surface area is 551 Å². The third kappa shape index (κ3) is 18.2. The van der Waals surface area contributed by atoms with Crippen molar-refractivity contribution in [1.82, 2.24) is 10.1 Å². The number of hydroxylamine groups is 4. The van der Waals surface area contributed by atoms with Crippen molar-refractivity contribution in [3.05, 3.63) is 136 Å². The summed E-state index contributed by atoms with van der Waals surface area (Å²) in [7, 11) is -3.97. The van der Waals surface area contributed by atoms with Gasteiger partial charge in [0, 0.05) is 58.7 Å². The van der Waals surface area contributed by atoms with Crippen LogP contribution >= 0.6 is 0 Å². The molecule has 498 valence electrons. The highest BCUT2D eigenvalue weighted by Crippen LogP contribution is 2.53. The molecule has 8 rings (SSSR count). The Morgan fingerprint density at radius 3 is 1.41 bits per heavy atom. The summed E-state index contributed by atoms with van der Waals surface area (Å²) in [5.74, 6) is 2.11. The number of nitrogens with zero attached hydrogens (tertiary/aromatic N) is 4. The van der Waals surface area contributed by atoms with Gasteiger partial charge in [-0.25, -0.2) is 0 Å².